The van der Waals surface area contributed by atoms with Gasteiger partial charge in [0.05, 0.1) is 15.3 Å². The lowest BCUT2D eigenvalue weighted by Crippen LogP contribution is -2.46. The number of halogens is 3. The average Bonchev–Trinajstić information content (AvgIpc) is 3.18. The summed E-state index contributed by atoms with van der Waals surface area (Å²) in [5, 5.41) is 1.98. The van der Waals surface area contributed by atoms with Crippen LogP contribution in [0.25, 0.3) is 0 Å². The summed E-state index contributed by atoms with van der Waals surface area (Å²) in [6.45, 7) is 5.66. The molecule has 4 nitrogen and oxygen atoms in total. The maximum Gasteiger partial charge on any atom is 0.416 e. The van der Waals surface area contributed by atoms with E-state index in [0.29, 0.717) is 5.69 Å². The summed E-state index contributed by atoms with van der Waals surface area (Å²) in [5.41, 5.74) is 0.890. The van der Waals surface area contributed by atoms with E-state index in [1.807, 2.05) is 21.2 Å². The largest absolute Gasteiger partial charge is 0.416 e. The van der Waals surface area contributed by atoms with Gasteiger partial charge in [0, 0.05) is 50.7 Å². The Morgan fingerprint density at radius 3 is 2.52 bits per heavy atom. The van der Waals surface area contributed by atoms with Gasteiger partial charge >= 0.3 is 6.18 Å². The third-order valence-corrected chi connectivity index (χ3v) is 8.02. The zero-order valence-corrected chi connectivity index (χ0v) is 18.9. The van der Waals surface area contributed by atoms with E-state index in [1.165, 1.54) is 12.1 Å². The Bertz CT molecular complexity index is 894. The number of nitrogens with zero attached hydrogens (tertiary/aromatic N) is 3. The topological polar surface area (TPSA) is 26.8 Å². The summed E-state index contributed by atoms with van der Waals surface area (Å²) in [5.74, 6) is 1.09. The van der Waals surface area contributed by atoms with Gasteiger partial charge in [-0.15, -0.1) is 23.1 Å². The quantitative estimate of drug-likeness (QED) is 0.562. The van der Waals surface area contributed by atoms with E-state index in [9.17, 15) is 18.0 Å². The molecular formula is C22H26F3N3OS2. The van der Waals surface area contributed by atoms with Crippen molar-refractivity contribution in [3.05, 3.63) is 46.8 Å². The highest BCUT2D eigenvalue weighted by molar-refractivity contribution is 8.01. The molecule has 0 atom stereocenters. The van der Waals surface area contributed by atoms with E-state index in [0.717, 1.165) is 80.2 Å². The van der Waals surface area contributed by atoms with Crippen molar-refractivity contribution in [1.29, 1.82) is 0 Å². The fraction of sp³-hybridized carbons (Fsp3) is 0.500. The summed E-state index contributed by atoms with van der Waals surface area (Å²) >= 11 is 3.41. The van der Waals surface area contributed by atoms with Crippen LogP contribution in [0, 0.1) is 0 Å². The van der Waals surface area contributed by atoms with Gasteiger partial charge < -0.3 is 9.80 Å². The van der Waals surface area contributed by atoms with Crippen LogP contribution in [0.15, 0.2) is 39.9 Å². The smallest absolute Gasteiger partial charge is 0.369 e. The third-order valence-electron chi connectivity index (χ3n) is 5.80. The average molecular weight is 470 g/mol. The number of hydrogen-bond acceptors (Lipinski definition) is 5. The van der Waals surface area contributed by atoms with Crippen LogP contribution >= 0.6 is 23.1 Å². The second kappa shape index (κ2) is 9.83. The zero-order chi connectivity index (χ0) is 21.8. The SMILES string of the molecule is O=C1c2ccsc2SCCN1CCCCN1CCN(c2cccc(C(F)(F)F)c2)CC1. The fourth-order valence-electron chi connectivity index (χ4n) is 4.05. The predicted octanol–water partition coefficient (Wildman–Crippen LogP) is 4.92. The van der Waals surface area contributed by atoms with Crippen LogP contribution in [0.1, 0.15) is 28.8 Å². The van der Waals surface area contributed by atoms with Crippen LogP contribution in [-0.4, -0.2) is 67.3 Å². The molecule has 2 aliphatic heterocycles. The summed E-state index contributed by atoms with van der Waals surface area (Å²) in [6, 6.07) is 7.52. The van der Waals surface area contributed by atoms with Crippen molar-refractivity contribution in [3.63, 3.8) is 0 Å². The number of thiophene rings is 1. The van der Waals surface area contributed by atoms with E-state index in [2.05, 4.69) is 4.90 Å². The molecule has 9 heteroatoms. The fourth-order valence-corrected chi connectivity index (χ4v) is 6.15. The van der Waals surface area contributed by atoms with Crippen molar-refractivity contribution >= 4 is 34.7 Å². The van der Waals surface area contributed by atoms with Crippen LogP contribution in [0.5, 0.6) is 0 Å². The first-order valence-electron chi connectivity index (χ1n) is 10.6. The second-order valence-corrected chi connectivity index (χ2v) is 10.1. The maximum absolute atomic E-state index is 13.0. The van der Waals surface area contributed by atoms with Crippen molar-refractivity contribution in [2.75, 3.05) is 56.5 Å². The molecule has 0 unspecified atom stereocenters. The summed E-state index contributed by atoms with van der Waals surface area (Å²) in [7, 11) is 0. The molecule has 1 amide bonds. The van der Waals surface area contributed by atoms with Crippen LogP contribution in [0.2, 0.25) is 0 Å². The molecule has 0 saturated carbocycles. The minimum atomic E-state index is -4.31. The minimum absolute atomic E-state index is 0.149. The van der Waals surface area contributed by atoms with Crippen LogP contribution < -0.4 is 4.90 Å². The van der Waals surface area contributed by atoms with E-state index >= 15 is 0 Å². The monoisotopic (exact) mass is 469 g/mol. The van der Waals surface area contributed by atoms with Crippen molar-refractivity contribution in [2.24, 2.45) is 0 Å². The molecule has 31 heavy (non-hydrogen) atoms. The van der Waals surface area contributed by atoms with Gasteiger partial charge in [0.25, 0.3) is 5.91 Å². The molecule has 0 aliphatic carbocycles. The molecule has 2 aliphatic rings. The summed E-state index contributed by atoms with van der Waals surface area (Å²) < 4.78 is 40.0. The van der Waals surface area contributed by atoms with Gasteiger partial charge in [0.1, 0.15) is 0 Å². The van der Waals surface area contributed by atoms with Crippen molar-refractivity contribution in [2.45, 2.75) is 23.2 Å². The molecule has 2 aromatic rings. The Hall–Kier alpha value is -1.71. The van der Waals surface area contributed by atoms with Gasteiger partial charge in [0.2, 0.25) is 0 Å². The number of rotatable bonds is 6. The number of hydrogen-bond donors (Lipinski definition) is 0. The Morgan fingerprint density at radius 1 is 0.968 bits per heavy atom. The molecule has 1 saturated heterocycles. The van der Waals surface area contributed by atoms with E-state index in [-0.39, 0.29) is 5.91 Å². The van der Waals surface area contributed by atoms with Gasteiger partial charge in [-0.2, -0.15) is 13.2 Å². The van der Waals surface area contributed by atoms with Crippen molar-refractivity contribution < 1.29 is 18.0 Å². The molecule has 3 heterocycles. The first-order valence-corrected chi connectivity index (χ1v) is 12.4. The van der Waals surface area contributed by atoms with Crippen LogP contribution in [0.3, 0.4) is 0 Å². The minimum Gasteiger partial charge on any atom is -0.369 e. The molecule has 0 N–H and O–H groups in total. The van der Waals surface area contributed by atoms with Crippen LogP contribution in [-0.2, 0) is 6.18 Å². The number of piperazine rings is 1. The molecule has 0 spiro atoms. The Balaban J connectivity index is 1.20. The Labute approximate surface area is 189 Å². The third kappa shape index (κ3) is 5.56. The molecule has 168 valence electrons. The van der Waals surface area contributed by atoms with E-state index in [1.54, 1.807) is 29.2 Å². The molecule has 1 aromatic carbocycles. The number of unbranched alkanes of at least 4 members (excludes halogenated alkanes) is 1. The second-order valence-electron chi connectivity index (χ2n) is 7.85. The van der Waals surface area contributed by atoms with Crippen molar-refractivity contribution in [3.8, 4) is 0 Å². The molecule has 0 bridgehead atoms. The zero-order valence-electron chi connectivity index (χ0n) is 17.2. The molecule has 1 aromatic heterocycles. The molecule has 1 fully saturated rings. The van der Waals surface area contributed by atoms with Crippen LogP contribution in [0.4, 0.5) is 18.9 Å². The van der Waals surface area contributed by atoms with Gasteiger partial charge in [0.15, 0.2) is 0 Å². The molecule has 0 radical (unpaired) electrons. The van der Waals surface area contributed by atoms with E-state index < -0.39 is 11.7 Å². The Kier molecular flexibility index (Phi) is 7.13. The van der Waals surface area contributed by atoms with Gasteiger partial charge in [-0.3, -0.25) is 9.69 Å². The summed E-state index contributed by atoms with van der Waals surface area (Å²) in [6.07, 6.45) is -2.34. The van der Waals surface area contributed by atoms with E-state index in [4.69, 9.17) is 0 Å². The highest BCUT2D eigenvalue weighted by atomic mass is 32.2. The normalized spacial score (nSPS) is 18.2. The number of amides is 1. The van der Waals surface area contributed by atoms with Crippen molar-refractivity contribution in [1.82, 2.24) is 9.80 Å². The number of carbonyl (C=O) groups excluding carboxylic acids is 1. The highest BCUT2D eigenvalue weighted by Crippen LogP contribution is 2.33. The van der Waals surface area contributed by atoms with Gasteiger partial charge in [-0.05, 0) is 49.0 Å². The number of anilines is 1. The predicted molar refractivity (Wildman–Crippen MR) is 120 cm³/mol. The molecule has 4 rings (SSSR count). The number of thioether (sulfide) groups is 1. The van der Waals surface area contributed by atoms with Gasteiger partial charge in [-0.25, -0.2) is 0 Å². The lowest BCUT2D eigenvalue weighted by molar-refractivity contribution is -0.137. The molecular weight excluding hydrogens is 443 g/mol. The summed E-state index contributed by atoms with van der Waals surface area (Å²) in [4.78, 5) is 19.0. The number of benzene rings is 1. The Morgan fingerprint density at radius 2 is 1.74 bits per heavy atom. The van der Waals surface area contributed by atoms with Gasteiger partial charge in [-0.1, -0.05) is 6.07 Å². The standard InChI is InChI=1S/C22H26F3N3OS2/c23-22(24,25)17-4-3-5-18(16-17)27-11-9-26(10-12-27)7-1-2-8-28-13-15-31-21-19(20(28)29)6-14-30-21/h3-6,14,16H,1-2,7-13,15H2. The highest BCUT2D eigenvalue weighted by Gasteiger charge is 2.31. The maximum atomic E-state index is 13.0. The lowest BCUT2D eigenvalue weighted by Gasteiger charge is -2.36. The number of carbonyl (C=O) groups is 1. The lowest BCUT2D eigenvalue weighted by atomic mass is 10.1. The first-order chi connectivity index (χ1) is 14.9. The number of fused-ring (bicyclic) bond motifs is 1. The first kappa shape index (κ1) is 22.5. The number of alkyl halides is 3.